The largest absolute Gasteiger partial charge is 0.310 e. The lowest BCUT2D eigenvalue weighted by Gasteiger charge is -2.18. The van der Waals surface area contributed by atoms with Gasteiger partial charge in [0.15, 0.2) is 0 Å². The molecule has 1 aliphatic rings. The lowest BCUT2D eigenvalue weighted by Crippen LogP contribution is -2.37. The summed E-state index contributed by atoms with van der Waals surface area (Å²) in [5.74, 6) is 0. The second-order valence-electron chi connectivity index (χ2n) is 5.62. The molecular weight excluding hydrogens is 198 g/mol. The molecule has 0 amide bonds. The Labute approximate surface area is 101 Å². The molecule has 3 heteroatoms. The van der Waals surface area contributed by atoms with E-state index in [1.54, 1.807) is 0 Å². The molecule has 1 saturated heterocycles. The Morgan fingerprint density at radius 1 is 1.31 bits per heavy atom. The molecule has 0 spiro atoms. The summed E-state index contributed by atoms with van der Waals surface area (Å²) in [5.41, 5.74) is 0. The van der Waals surface area contributed by atoms with E-state index in [9.17, 15) is 0 Å². The molecule has 1 N–H and O–H groups in total. The summed E-state index contributed by atoms with van der Waals surface area (Å²) < 4.78 is 0. The van der Waals surface area contributed by atoms with Gasteiger partial charge in [0.25, 0.3) is 0 Å². The van der Waals surface area contributed by atoms with Gasteiger partial charge in [-0.1, -0.05) is 13.8 Å². The van der Waals surface area contributed by atoms with Crippen LogP contribution in [0.3, 0.4) is 0 Å². The van der Waals surface area contributed by atoms with Gasteiger partial charge in [-0.3, -0.25) is 0 Å². The van der Waals surface area contributed by atoms with E-state index in [1.165, 1.54) is 45.4 Å². The zero-order valence-corrected chi connectivity index (χ0v) is 11.5. The molecule has 0 aliphatic carbocycles. The van der Waals surface area contributed by atoms with E-state index in [4.69, 9.17) is 0 Å². The third kappa shape index (κ3) is 5.83. The first kappa shape index (κ1) is 13.9. The van der Waals surface area contributed by atoms with Crippen LogP contribution in [0.25, 0.3) is 0 Å². The molecule has 1 aliphatic heterocycles. The normalized spacial score (nSPS) is 22.5. The van der Waals surface area contributed by atoms with Crippen LogP contribution in [0.1, 0.15) is 33.1 Å². The van der Waals surface area contributed by atoms with Gasteiger partial charge in [-0.25, -0.2) is 0 Å². The predicted octanol–water partition coefficient (Wildman–Crippen LogP) is 1.40. The zero-order valence-electron chi connectivity index (χ0n) is 11.5. The molecule has 0 radical (unpaired) electrons. The van der Waals surface area contributed by atoms with Crippen molar-refractivity contribution in [1.29, 1.82) is 0 Å². The van der Waals surface area contributed by atoms with E-state index >= 15 is 0 Å². The monoisotopic (exact) mass is 227 g/mol. The summed E-state index contributed by atoms with van der Waals surface area (Å²) in [6.45, 7) is 9.51. The van der Waals surface area contributed by atoms with Crippen molar-refractivity contribution in [3.05, 3.63) is 0 Å². The average molecular weight is 227 g/mol. The van der Waals surface area contributed by atoms with Gasteiger partial charge < -0.3 is 15.1 Å². The minimum Gasteiger partial charge on any atom is -0.310 e. The van der Waals surface area contributed by atoms with Crippen molar-refractivity contribution in [2.75, 3.05) is 40.3 Å². The molecule has 96 valence electrons. The van der Waals surface area contributed by atoms with Gasteiger partial charge >= 0.3 is 0 Å². The van der Waals surface area contributed by atoms with Crippen molar-refractivity contribution < 1.29 is 0 Å². The smallest absolute Gasteiger partial charge is 0.0209 e. The van der Waals surface area contributed by atoms with Crippen molar-refractivity contribution in [1.82, 2.24) is 15.1 Å². The van der Waals surface area contributed by atoms with E-state index < -0.39 is 0 Å². The summed E-state index contributed by atoms with van der Waals surface area (Å²) in [4.78, 5) is 4.88. The minimum atomic E-state index is 0.624. The quantitative estimate of drug-likeness (QED) is 0.663. The molecule has 0 aromatic rings. The van der Waals surface area contributed by atoms with Gasteiger partial charge in [-0.05, 0) is 53.0 Å². The van der Waals surface area contributed by atoms with Gasteiger partial charge in [0.1, 0.15) is 0 Å². The topological polar surface area (TPSA) is 18.5 Å². The van der Waals surface area contributed by atoms with Gasteiger partial charge in [-0.15, -0.1) is 0 Å². The molecule has 1 atom stereocenters. The fourth-order valence-corrected chi connectivity index (χ4v) is 2.41. The second kappa shape index (κ2) is 7.25. The maximum absolute atomic E-state index is 3.63. The van der Waals surface area contributed by atoms with E-state index in [-0.39, 0.29) is 0 Å². The number of unbranched alkanes of at least 4 members (excludes halogenated alkanes) is 1. The van der Waals surface area contributed by atoms with Crippen LogP contribution in [0.2, 0.25) is 0 Å². The fourth-order valence-electron chi connectivity index (χ4n) is 2.41. The summed E-state index contributed by atoms with van der Waals surface area (Å²) in [5, 5.41) is 3.63. The number of rotatable bonds is 7. The Kier molecular flexibility index (Phi) is 6.32. The number of hydrogen-bond acceptors (Lipinski definition) is 3. The maximum atomic E-state index is 3.63. The fraction of sp³-hybridized carbons (Fsp3) is 1.00. The van der Waals surface area contributed by atoms with Gasteiger partial charge in [0, 0.05) is 18.6 Å². The number of nitrogens with zero attached hydrogens (tertiary/aromatic N) is 2. The Morgan fingerprint density at radius 2 is 2.06 bits per heavy atom. The Morgan fingerprint density at radius 3 is 2.69 bits per heavy atom. The van der Waals surface area contributed by atoms with Crippen molar-refractivity contribution in [2.24, 2.45) is 0 Å². The van der Waals surface area contributed by atoms with E-state index in [0.29, 0.717) is 6.04 Å². The highest BCUT2D eigenvalue weighted by atomic mass is 15.2. The lowest BCUT2D eigenvalue weighted by molar-refractivity contribution is 0.304. The molecule has 1 rings (SSSR count). The van der Waals surface area contributed by atoms with Crippen LogP contribution in [-0.4, -0.2) is 62.2 Å². The van der Waals surface area contributed by atoms with Crippen LogP contribution in [0.15, 0.2) is 0 Å². The first-order valence-electron chi connectivity index (χ1n) is 6.71. The van der Waals surface area contributed by atoms with E-state index in [1.807, 2.05) is 0 Å². The van der Waals surface area contributed by atoms with E-state index in [2.05, 4.69) is 43.1 Å². The average Bonchev–Trinajstić information content (AvgIpc) is 2.59. The van der Waals surface area contributed by atoms with Crippen LogP contribution in [-0.2, 0) is 0 Å². The zero-order chi connectivity index (χ0) is 12.0. The first-order valence-corrected chi connectivity index (χ1v) is 6.71. The van der Waals surface area contributed by atoms with E-state index in [0.717, 1.165) is 6.04 Å². The first-order chi connectivity index (χ1) is 7.58. The molecule has 0 bridgehead atoms. The van der Waals surface area contributed by atoms with Crippen LogP contribution in [0, 0.1) is 0 Å². The second-order valence-corrected chi connectivity index (χ2v) is 5.62. The Hall–Kier alpha value is -0.120. The van der Waals surface area contributed by atoms with Crippen molar-refractivity contribution in [3.63, 3.8) is 0 Å². The third-order valence-corrected chi connectivity index (χ3v) is 3.17. The van der Waals surface area contributed by atoms with Crippen LogP contribution in [0.4, 0.5) is 0 Å². The van der Waals surface area contributed by atoms with Crippen LogP contribution >= 0.6 is 0 Å². The molecule has 1 fully saturated rings. The van der Waals surface area contributed by atoms with Gasteiger partial charge in [0.2, 0.25) is 0 Å². The Bertz CT molecular complexity index is 180. The number of hydrogen-bond donors (Lipinski definition) is 1. The van der Waals surface area contributed by atoms with Crippen LogP contribution in [0.5, 0.6) is 0 Å². The van der Waals surface area contributed by atoms with Gasteiger partial charge in [-0.2, -0.15) is 0 Å². The van der Waals surface area contributed by atoms with Crippen molar-refractivity contribution >= 4 is 0 Å². The number of likely N-dealkylation sites (tertiary alicyclic amines) is 1. The summed E-state index contributed by atoms with van der Waals surface area (Å²) >= 11 is 0. The molecule has 1 heterocycles. The molecule has 0 aromatic carbocycles. The molecule has 1 unspecified atom stereocenters. The molecule has 16 heavy (non-hydrogen) atoms. The van der Waals surface area contributed by atoms with Crippen LogP contribution < -0.4 is 5.32 Å². The van der Waals surface area contributed by atoms with Crippen molar-refractivity contribution in [3.8, 4) is 0 Å². The third-order valence-electron chi connectivity index (χ3n) is 3.17. The maximum Gasteiger partial charge on any atom is 0.0209 e. The lowest BCUT2D eigenvalue weighted by atomic mass is 10.2. The van der Waals surface area contributed by atoms with Gasteiger partial charge in [0.05, 0.1) is 0 Å². The Balaban J connectivity index is 2.03. The highest BCUT2D eigenvalue weighted by Gasteiger charge is 2.21. The number of nitrogens with one attached hydrogen (secondary N) is 1. The predicted molar refractivity (Wildman–Crippen MR) is 70.9 cm³/mol. The molecular formula is C13H29N3. The molecule has 0 saturated carbocycles. The van der Waals surface area contributed by atoms with Crippen molar-refractivity contribution in [2.45, 2.75) is 45.2 Å². The SMILES string of the molecule is CC(C)NC1CCN(CCCCN(C)C)C1. The summed E-state index contributed by atoms with van der Waals surface area (Å²) in [7, 11) is 4.30. The highest BCUT2D eigenvalue weighted by Crippen LogP contribution is 2.10. The molecule has 0 aromatic heterocycles. The standard InChI is InChI=1S/C13H29N3/c1-12(2)14-13-7-10-16(11-13)9-6-5-8-15(3)4/h12-14H,5-11H2,1-4H3. The minimum absolute atomic E-state index is 0.624. The summed E-state index contributed by atoms with van der Waals surface area (Å²) in [6.07, 6.45) is 3.99. The summed E-state index contributed by atoms with van der Waals surface area (Å²) in [6, 6.07) is 1.35. The highest BCUT2D eigenvalue weighted by molar-refractivity contribution is 4.81. The molecule has 3 nitrogen and oxygen atoms in total.